The van der Waals surface area contributed by atoms with Crippen molar-refractivity contribution in [2.24, 2.45) is 11.1 Å². The average Bonchev–Trinajstić information content (AvgIpc) is 0.881. The molecule has 0 aliphatic rings. The highest BCUT2D eigenvalue weighted by Crippen LogP contribution is 2.24. The molecule has 0 aromatic heterocycles. The number of ether oxygens (including phenoxy) is 22. The summed E-state index contributed by atoms with van der Waals surface area (Å²) in [5, 5.41) is 70.3. The van der Waals surface area contributed by atoms with E-state index in [1.54, 1.807) is 18.7 Å². The quantitative estimate of drug-likeness (QED) is 0.0395. The van der Waals surface area contributed by atoms with Gasteiger partial charge in [0.2, 0.25) is 5.91 Å². The van der Waals surface area contributed by atoms with Crippen LogP contribution in [0, 0.1) is 5.41 Å². The van der Waals surface area contributed by atoms with Crippen molar-refractivity contribution in [3.05, 3.63) is 0 Å². The summed E-state index contributed by atoms with van der Waals surface area (Å²) in [5.74, 6) is 0.939. The number of amides is 1. The number of thioether (sulfide) groups is 5. The molecular formula is C78H149NO34S5. The predicted molar refractivity (Wildman–Crippen MR) is 453 cm³/mol. The minimum atomic E-state index is -1.16. The van der Waals surface area contributed by atoms with Gasteiger partial charge >= 0.3 is 17.9 Å². The number of aliphatic carboxylic acids is 3. The molecule has 118 heavy (non-hydrogen) atoms. The fraction of sp³-hybridized carbons (Fsp3) is 0.936. The number of Topliss-reactive ketones (excluding diaryl/α,β-unsaturated/α-hetero) is 1. The number of ketones is 1. The molecule has 0 saturated carbocycles. The number of carbonyl (C=O) groups is 5. The van der Waals surface area contributed by atoms with Gasteiger partial charge in [-0.25, -0.2) is 0 Å². The van der Waals surface area contributed by atoms with E-state index in [1.807, 2.05) is 55.4 Å². The molecule has 40 heteroatoms. The van der Waals surface area contributed by atoms with Crippen LogP contribution < -0.4 is 5.73 Å². The van der Waals surface area contributed by atoms with E-state index in [9.17, 15) is 44.4 Å². The lowest BCUT2D eigenvalue weighted by Gasteiger charge is -2.33. The van der Waals surface area contributed by atoms with Crippen LogP contribution in [0.4, 0.5) is 0 Å². The van der Waals surface area contributed by atoms with Gasteiger partial charge in [-0.2, -0.15) is 58.8 Å². The molecule has 0 aliphatic heterocycles. The maximum Gasteiger partial charge on any atom is 0.313 e. The molecule has 9 N–H and O–H groups in total. The second-order valence-corrected chi connectivity index (χ2v) is 33.6. The van der Waals surface area contributed by atoms with E-state index >= 15 is 0 Å². The summed E-state index contributed by atoms with van der Waals surface area (Å²) >= 11 is 6.87. The third kappa shape index (κ3) is 76.7. The number of carbonyl (C=O) groups excluding carboxylic acids is 2. The Kier molecular flexibility index (Phi) is 81.0. The number of carboxylic acids is 3. The van der Waals surface area contributed by atoms with Crippen LogP contribution in [0.25, 0.3) is 0 Å². The van der Waals surface area contributed by atoms with Crippen LogP contribution in [0.15, 0.2) is 0 Å². The van der Waals surface area contributed by atoms with Crippen LogP contribution in [-0.2, 0) is 128 Å². The van der Waals surface area contributed by atoms with Crippen LogP contribution >= 0.6 is 58.8 Å². The monoisotopic (exact) mass is 1800 g/mol. The van der Waals surface area contributed by atoms with Crippen molar-refractivity contribution in [2.45, 2.75) is 174 Å². The van der Waals surface area contributed by atoms with Crippen molar-refractivity contribution in [3.8, 4) is 0 Å². The molecule has 1 amide bonds. The van der Waals surface area contributed by atoms with Gasteiger partial charge in [-0.1, -0.05) is 20.8 Å². The van der Waals surface area contributed by atoms with Gasteiger partial charge in [0.1, 0.15) is 79.0 Å². The Morgan fingerprint density at radius 3 is 0.890 bits per heavy atom. The SMILES string of the molecule is CCOCC(COCC(O)COCC(O)COC(CO)COCC(COC(COCC(COCC)OCCCSCC(C)=O)C(C)(C)C)OCC(COCC(COCC(O)COCC(COCC)OCCCSCC(N)=O)OCC(COCCCSCC(=O)O)OCC)OCC(COCCCSCC(=O)O)OCC)OCCCSCC(=O)O. The van der Waals surface area contributed by atoms with Gasteiger partial charge in [-0.05, 0) is 108 Å². The molecule has 0 saturated heterocycles. The molecule has 0 rings (SSSR count). The van der Waals surface area contributed by atoms with Crippen molar-refractivity contribution in [3.63, 3.8) is 0 Å². The minimum absolute atomic E-state index is 0.00985. The molecule has 0 aromatic rings. The van der Waals surface area contributed by atoms with Gasteiger partial charge in [-0.3, -0.25) is 24.0 Å². The predicted octanol–water partition coefficient (Wildman–Crippen LogP) is 4.20. The molecule has 0 spiro atoms. The van der Waals surface area contributed by atoms with Crippen LogP contribution in [0.3, 0.4) is 0 Å². The van der Waals surface area contributed by atoms with E-state index in [2.05, 4.69) is 0 Å². The number of aliphatic hydroxyl groups is 4. The summed E-state index contributed by atoms with van der Waals surface area (Å²) in [6, 6.07) is 0. The first kappa shape index (κ1) is 116. The highest BCUT2D eigenvalue weighted by atomic mass is 32.2. The van der Waals surface area contributed by atoms with Gasteiger partial charge in [0.25, 0.3) is 0 Å². The van der Waals surface area contributed by atoms with Gasteiger partial charge in [-0.15, -0.1) is 0 Å². The Hall–Kier alpha value is -1.74. The molecule has 0 aliphatic carbocycles. The van der Waals surface area contributed by atoms with Crippen molar-refractivity contribution in [1.82, 2.24) is 0 Å². The van der Waals surface area contributed by atoms with Gasteiger partial charge in [0.15, 0.2) is 0 Å². The Labute approximate surface area is 722 Å². The van der Waals surface area contributed by atoms with Gasteiger partial charge in [0, 0.05) is 66.1 Å². The van der Waals surface area contributed by atoms with Crippen molar-refractivity contribution < 1.29 is 164 Å². The first-order valence-electron chi connectivity index (χ1n) is 40.9. The summed E-state index contributed by atoms with van der Waals surface area (Å²) in [7, 11) is 0. The lowest BCUT2D eigenvalue weighted by Crippen LogP contribution is -2.41. The smallest absolute Gasteiger partial charge is 0.313 e. The van der Waals surface area contributed by atoms with E-state index in [4.69, 9.17) is 125 Å². The highest BCUT2D eigenvalue weighted by Gasteiger charge is 2.30. The van der Waals surface area contributed by atoms with Gasteiger partial charge < -0.3 is 146 Å². The van der Waals surface area contributed by atoms with Gasteiger partial charge in [0.05, 0.1) is 200 Å². The highest BCUT2D eigenvalue weighted by molar-refractivity contribution is 8.00. The Bertz CT molecular complexity index is 2310. The van der Waals surface area contributed by atoms with Crippen molar-refractivity contribution in [1.29, 1.82) is 0 Å². The average molecular weight is 1810 g/mol. The van der Waals surface area contributed by atoms with E-state index in [-0.39, 0.29) is 193 Å². The zero-order chi connectivity index (χ0) is 87.3. The molecule has 0 fully saturated rings. The molecule has 700 valence electrons. The van der Waals surface area contributed by atoms with Crippen molar-refractivity contribution >= 4 is 88.4 Å². The lowest BCUT2D eigenvalue weighted by atomic mass is 9.89. The molecule has 0 bridgehead atoms. The number of carboxylic acid groups (broad SMARTS) is 3. The molecular weight excluding hydrogens is 1660 g/mol. The molecule has 35 nitrogen and oxygen atoms in total. The van der Waals surface area contributed by atoms with E-state index in [0.717, 1.165) is 12.2 Å². The summed E-state index contributed by atoms with van der Waals surface area (Å²) in [5.41, 5.74) is 4.79. The Balaban J connectivity index is 6.98. The molecule has 0 heterocycles. The summed E-state index contributed by atoms with van der Waals surface area (Å²) in [4.78, 5) is 55.7. The molecule has 0 radical (unpaired) electrons. The normalized spacial score (nSPS) is 15.4. The summed E-state index contributed by atoms with van der Waals surface area (Å²) in [6.07, 6.45) is -6.06. The number of nitrogens with two attached hydrogens (primary N) is 1. The number of hydrogen-bond acceptors (Lipinski definition) is 36. The zero-order valence-corrected chi connectivity index (χ0v) is 75.7. The van der Waals surface area contributed by atoms with Crippen LogP contribution in [0.5, 0.6) is 0 Å². The second kappa shape index (κ2) is 82.2. The lowest BCUT2D eigenvalue weighted by molar-refractivity contribution is -0.158. The van der Waals surface area contributed by atoms with Crippen molar-refractivity contribution in [2.75, 3.05) is 289 Å². The minimum Gasteiger partial charge on any atom is -0.481 e. The number of hydrogen-bond donors (Lipinski definition) is 8. The third-order valence-corrected chi connectivity index (χ3v) is 21.0. The fourth-order valence-corrected chi connectivity index (χ4v) is 13.1. The maximum atomic E-state index is 11.5. The van der Waals surface area contributed by atoms with Crippen LogP contribution in [0.1, 0.15) is 94.4 Å². The number of rotatable bonds is 94. The summed E-state index contributed by atoms with van der Waals surface area (Å²) < 4.78 is 134. The molecule has 0 aromatic carbocycles. The molecule has 13 atom stereocenters. The topological polar surface area (TPSA) is 456 Å². The fourth-order valence-electron chi connectivity index (χ4n) is 9.79. The molecule has 13 unspecified atom stereocenters. The van der Waals surface area contributed by atoms with Crippen LogP contribution in [0.2, 0.25) is 0 Å². The summed E-state index contributed by atoms with van der Waals surface area (Å²) in [6.45, 7) is 20.8. The first-order valence-corrected chi connectivity index (χ1v) is 46.7. The van der Waals surface area contributed by atoms with E-state index < -0.39 is 103 Å². The van der Waals surface area contributed by atoms with E-state index in [1.165, 1.54) is 47.0 Å². The number of primary amides is 1. The Morgan fingerprint density at radius 2 is 0.559 bits per heavy atom. The van der Waals surface area contributed by atoms with Crippen LogP contribution in [-0.4, -0.2) is 433 Å². The largest absolute Gasteiger partial charge is 0.481 e. The number of aliphatic hydroxyl groups excluding tert-OH is 4. The first-order chi connectivity index (χ1) is 56.9. The maximum absolute atomic E-state index is 11.5. The third-order valence-electron chi connectivity index (χ3n) is 15.7. The van der Waals surface area contributed by atoms with E-state index in [0.29, 0.717) is 127 Å². The zero-order valence-electron chi connectivity index (χ0n) is 71.6. The second-order valence-electron chi connectivity index (χ2n) is 28.1. The standard InChI is InChI=1S/C78H149NO34S5/c1-10-92-38-65(106-23-18-28-115-56-74(79)85)44-99-33-62(83)34-100-46-68(110-50-69(104-13-4)41-95-20-15-25-116-57-75(86)87)47-102-48-71(111-51-70(105-14-5)42-96-21-16-26-117-58-76(88)89)52-112-72(53-113-73(78(7,8)9)54-103-45-67(40-94-12-3)108-22-17-27-114-55-60(6)81)49-101-37-64(30-80)109-36-63(84)35-97-31-61(82)32-98-43-66(39-93-11-2)107-24-19-29-118-59-77(90)91/h61-73,80,82-84H,10-59H2,1-9H3,(H2,79,85)(H,86,87)(H,88,89)(H,90,91). The Morgan fingerprint density at radius 1 is 0.297 bits per heavy atom.